The third-order valence-electron chi connectivity index (χ3n) is 5.50. The third-order valence-corrected chi connectivity index (χ3v) is 5.50. The Balaban J connectivity index is 1.66. The van der Waals surface area contributed by atoms with Crippen LogP contribution in [0.15, 0.2) is 46.1 Å². The SMILES string of the molecule is CCn1c(=O)c2cc(CC(=O)CC(C)CNC(=O)c3ccc(F)nc3)ccc2n(CC)c1=O. The number of ketones is 1. The van der Waals surface area contributed by atoms with E-state index in [2.05, 4.69) is 10.3 Å². The lowest BCUT2D eigenvalue weighted by atomic mass is 9.99. The van der Waals surface area contributed by atoms with Gasteiger partial charge in [0.2, 0.25) is 5.95 Å². The van der Waals surface area contributed by atoms with Crippen LogP contribution in [0, 0.1) is 11.9 Å². The Kier molecular flexibility index (Phi) is 7.52. The summed E-state index contributed by atoms with van der Waals surface area (Å²) in [5.41, 5.74) is 0.799. The molecule has 3 aromatic rings. The van der Waals surface area contributed by atoms with Gasteiger partial charge in [-0.3, -0.25) is 23.5 Å². The highest BCUT2D eigenvalue weighted by molar-refractivity contribution is 5.93. The lowest BCUT2D eigenvalue weighted by molar-refractivity contribution is -0.119. The van der Waals surface area contributed by atoms with Crippen molar-refractivity contribution in [3.63, 3.8) is 0 Å². The number of benzene rings is 1. The Hall–Kier alpha value is -3.62. The van der Waals surface area contributed by atoms with Crippen molar-refractivity contribution >= 4 is 22.6 Å². The summed E-state index contributed by atoms with van der Waals surface area (Å²) in [7, 11) is 0. The molecule has 1 N–H and O–H groups in total. The van der Waals surface area contributed by atoms with Crippen molar-refractivity contribution in [2.45, 2.75) is 46.7 Å². The van der Waals surface area contributed by atoms with Crippen LogP contribution in [0.1, 0.15) is 43.1 Å². The van der Waals surface area contributed by atoms with Crippen LogP contribution >= 0.6 is 0 Å². The molecule has 1 amide bonds. The van der Waals surface area contributed by atoms with Gasteiger partial charge in [0.05, 0.1) is 16.5 Å². The highest BCUT2D eigenvalue weighted by Crippen LogP contribution is 2.14. The highest BCUT2D eigenvalue weighted by atomic mass is 19.1. The Labute approximate surface area is 190 Å². The summed E-state index contributed by atoms with van der Waals surface area (Å²) < 4.78 is 15.6. The number of aryl methyl sites for hydroxylation is 1. The molecule has 9 heteroatoms. The van der Waals surface area contributed by atoms with Gasteiger partial charge in [-0.1, -0.05) is 13.0 Å². The quantitative estimate of drug-likeness (QED) is 0.500. The standard InChI is InChI=1S/C24H27FN4O4/c1-4-28-20-8-6-16(12-19(20)23(32)29(5-2)24(28)33)11-18(30)10-15(3)13-27-22(31)17-7-9-21(25)26-14-17/h6-9,12,14-15H,4-5,10-11,13H2,1-3H3,(H,27,31). The minimum atomic E-state index is -0.661. The van der Waals surface area contributed by atoms with Crippen molar-refractivity contribution in [2.24, 2.45) is 5.92 Å². The molecular weight excluding hydrogens is 427 g/mol. The van der Waals surface area contributed by atoms with Crippen LogP contribution in [0.4, 0.5) is 4.39 Å². The van der Waals surface area contributed by atoms with Gasteiger partial charge in [-0.2, -0.15) is 4.39 Å². The molecule has 0 radical (unpaired) electrons. The smallest absolute Gasteiger partial charge is 0.331 e. The fourth-order valence-corrected chi connectivity index (χ4v) is 3.81. The van der Waals surface area contributed by atoms with Crippen LogP contribution < -0.4 is 16.6 Å². The van der Waals surface area contributed by atoms with Gasteiger partial charge in [-0.15, -0.1) is 0 Å². The Morgan fingerprint density at radius 3 is 2.45 bits per heavy atom. The number of pyridine rings is 1. The summed E-state index contributed by atoms with van der Waals surface area (Å²) in [5, 5.41) is 3.13. The lowest BCUT2D eigenvalue weighted by Gasteiger charge is -2.14. The van der Waals surface area contributed by atoms with Crippen LogP contribution in [-0.2, 0) is 24.3 Å². The third kappa shape index (κ3) is 5.42. The van der Waals surface area contributed by atoms with Gasteiger partial charge in [0, 0.05) is 38.7 Å². The molecule has 0 aliphatic rings. The molecule has 174 valence electrons. The molecule has 2 heterocycles. The van der Waals surface area contributed by atoms with Gasteiger partial charge < -0.3 is 5.32 Å². The number of nitrogens with zero attached hydrogens (tertiary/aromatic N) is 3. The second-order valence-electron chi connectivity index (χ2n) is 8.03. The van der Waals surface area contributed by atoms with Crippen molar-refractivity contribution in [1.82, 2.24) is 19.4 Å². The summed E-state index contributed by atoms with van der Waals surface area (Å²) in [5.74, 6) is -1.19. The minimum absolute atomic E-state index is 0.0285. The normalized spacial score (nSPS) is 12.0. The maximum atomic E-state index is 12.9. The van der Waals surface area contributed by atoms with E-state index < -0.39 is 5.95 Å². The van der Waals surface area contributed by atoms with E-state index in [0.29, 0.717) is 23.0 Å². The number of carbonyl (C=O) groups excluding carboxylic acids is 2. The second kappa shape index (κ2) is 10.3. The van der Waals surface area contributed by atoms with E-state index in [1.165, 1.54) is 10.6 Å². The maximum Gasteiger partial charge on any atom is 0.331 e. The number of Topliss-reactive ketones (excluding diaryl/α,β-unsaturated/α-hetero) is 1. The molecular formula is C24H27FN4O4. The largest absolute Gasteiger partial charge is 0.352 e. The number of carbonyl (C=O) groups is 2. The van der Waals surface area contributed by atoms with E-state index in [-0.39, 0.29) is 60.4 Å². The summed E-state index contributed by atoms with van der Waals surface area (Å²) in [6.07, 6.45) is 1.55. The van der Waals surface area contributed by atoms with Crippen molar-refractivity contribution in [1.29, 1.82) is 0 Å². The number of fused-ring (bicyclic) bond motifs is 1. The van der Waals surface area contributed by atoms with Crippen LogP contribution in [-0.4, -0.2) is 32.4 Å². The number of nitrogens with one attached hydrogen (secondary N) is 1. The Morgan fingerprint density at radius 2 is 1.82 bits per heavy atom. The zero-order chi connectivity index (χ0) is 24.1. The van der Waals surface area contributed by atoms with E-state index in [4.69, 9.17) is 0 Å². The van der Waals surface area contributed by atoms with Crippen LogP contribution in [0.5, 0.6) is 0 Å². The summed E-state index contributed by atoms with van der Waals surface area (Å²) in [6, 6.07) is 7.61. The molecule has 0 spiro atoms. The Bertz CT molecular complexity index is 1290. The fraction of sp³-hybridized carbons (Fsp3) is 0.375. The number of hydrogen-bond donors (Lipinski definition) is 1. The number of amides is 1. The second-order valence-corrected chi connectivity index (χ2v) is 8.03. The minimum Gasteiger partial charge on any atom is -0.352 e. The van der Waals surface area contributed by atoms with Gasteiger partial charge in [-0.05, 0) is 49.6 Å². The summed E-state index contributed by atoms with van der Waals surface area (Å²) in [4.78, 5) is 53.4. The zero-order valence-electron chi connectivity index (χ0n) is 18.9. The molecule has 1 unspecified atom stereocenters. The first-order valence-electron chi connectivity index (χ1n) is 10.9. The predicted octanol–water partition coefficient (Wildman–Crippen LogP) is 2.30. The first-order chi connectivity index (χ1) is 15.7. The molecule has 33 heavy (non-hydrogen) atoms. The van der Waals surface area contributed by atoms with E-state index >= 15 is 0 Å². The molecule has 0 fully saturated rings. The lowest BCUT2D eigenvalue weighted by Crippen LogP contribution is -2.39. The highest BCUT2D eigenvalue weighted by Gasteiger charge is 2.15. The van der Waals surface area contributed by atoms with Crippen molar-refractivity contribution in [3.05, 3.63) is 74.4 Å². The molecule has 0 saturated heterocycles. The number of rotatable bonds is 9. The Morgan fingerprint density at radius 1 is 1.09 bits per heavy atom. The van der Waals surface area contributed by atoms with E-state index in [9.17, 15) is 23.6 Å². The molecule has 0 bridgehead atoms. The van der Waals surface area contributed by atoms with E-state index in [1.807, 2.05) is 13.8 Å². The first-order valence-corrected chi connectivity index (χ1v) is 10.9. The van der Waals surface area contributed by atoms with Gasteiger partial charge in [0.15, 0.2) is 0 Å². The van der Waals surface area contributed by atoms with Gasteiger partial charge in [0.25, 0.3) is 11.5 Å². The molecule has 0 aliphatic heterocycles. The van der Waals surface area contributed by atoms with Gasteiger partial charge in [0.1, 0.15) is 5.78 Å². The van der Waals surface area contributed by atoms with E-state index in [1.54, 1.807) is 29.7 Å². The zero-order valence-corrected chi connectivity index (χ0v) is 18.9. The predicted molar refractivity (Wildman–Crippen MR) is 123 cm³/mol. The molecule has 1 aromatic carbocycles. The average molecular weight is 455 g/mol. The summed E-state index contributed by atoms with van der Waals surface area (Å²) >= 11 is 0. The molecule has 0 aliphatic carbocycles. The molecule has 1 atom stereocenters. The van der Waals surface area contributed by atoms with Gasteiger partial charge in [-0.25, -0.2) is 9.78 Å². The van der Waals surface area contributed by atoms with E-state index in [0.717, 1.165) is 12.3 Å². The number of hydrogen-bond acceptors (Lipinski definition) is 5. The molecule has 0 saturated carbocycles. The fourth-order valence-electron chi connectivity index (χ4n) is 3.81. The van der Waals surface area contributed by atoms with Gasteiger partial charge >= 0.3 is 5.69 Å². The first kappa shape index (κ1) is 24.0. The molecule has 8 nitrogen and oxygen atoms in total. The maximum absolute atomic E-state index is 12.9. The topological polar surface area (TPSA) is 103 Å². The van der Waals surface area contributed by atoms with Crippen molar-refractivity contribution in [2.75, 3.05) is 6.54 Å². The van der Waals surface area contributed by atoms with Crippen LogP contribution in [0.3, 0.4) is 0 Å². The summed E-state index contributed by atoms with van der Waals surface area (Å²) in [6.45, 7) is 6.42. The molecule has 2 aromatic heterocycles. The van der Waals surface area contributed by atoms with Crippen molar-refractivity contribution in [3.8, 4) is 0 Å². The van der Waals surface area contributed by atoms with Crippen LogP contribution in [0.25, 0.3) is 10.9 Å². The number of aromatic nitrogens is 3. The average Bonchev–Trinajstić information content (AvgIpc) is 2.79. The van der Waals surface area contributed by atoms with Crippen molar-refractivity contribution < 1.29 is 14.0 Å². The van der Waals surface area contributed by atoms with Crippen LogP contribution in [0.2, 0.25) is 0 Å². The monoisotopic (exact) mass is 454 g/mol. The molecule has 3 rings (SSSR count). The number of halogens is 1.